The first-order valence-corrected chi connectivity index (χ1v) is 5.78. The van der Waals surface area contributed by atoms with Gasteiger partial charge in [-0.25, -0.2) is 4.39 Å². The maximum atomic E-state index is 12.8. The predicted molar refractivity (Wildman–Crippen MR) is 62.5 cm³/mol. The van der Waals surface area contributed by atoms with E-state index in [-0.39, 0.29) is 11.9 Å². The predicted octanol–water partition coefficient (Wildman–Crippen LogP) is 3.09. The van der Waals surface area contributed by atoms with Crippen molar-refractivity contribution < 1.29 is 9.13 Å². The maximum absolute atomic E-state index is 12.8. The van der Waals surface area contributed by atoms with E-state index in [0.717, 1.165) is 12.8 Å². The Balaban J connectivity index is 2.70. The largest absolute Gasteiger partial charge is 0.488 e. The molecule has 2 N–H and O–H groups in total. The van der Waals surface area contributed by atoms with E-state index in [1.807, 2.05) is 0 Å². The van der Waals surface area contributed by atoms with Crippen molar-refractivity contribution in [3.8, 4) is 5.75 Å². The van der Waals surface area contributed by atoms with Gasteiger partial charge in [0.25, 0.3) is 0 Å². The summed E-state index contributed by atoms with van der Waals surface area (Å²) in [6.45, 7) is 2.55. The molecule has 0 heterocycles. The van der Waals surface area contributed by atoms with Crippen LogP contribution in [0, 0.1) is 5.82 Å². The monoisotopic (exact) mass is 275 g/mol. The summed E-state index contributed by atoms with van der Waals surface area (Å²) in [7, 11) is 0. The maximum Gasteiger partial charge on any atom is 0.134 e. The minimum Gasteiger partial charge on any atom is -0.488 e. The molecule has 84 valence electrons. The molecule has 0 spiro atoms. The molecule has 0 saturated carbocycles. The Morgan fingerprint density at radius 2 is 2.27 bits per heavy atom. The second-order valence-electron chi connectivity index (χ2n) is 3.34. The van der Waals surface area contributed by atoms with Crippen molar-refractivity contribution in [3.05, 3.63) is 28.5 Å². The minimum absolute atomic E-state index is 0.00300. The second-order valence-corrected chi connectivity index (χ2v) is 4.19. The van der Waals surface area contributed by atoms with E-state index >= 15 is 0 Å². The number of hydrogen-bond acceptors (Lipinski definition) is 2. The number of benzene rings is 1. The molecule has 15 heavy (non-hydrogen) atoms. The van der Waals surface area contributed by atoms with E-state index < -0.39 is 0 Å². The van der Waals surface area contributed by atoms with Crippen LogP contribution in [-0.2, 0) is 0 Å². The molecule has 0 aliphatic carbocycles. The zero-order chi connectivity index (χ0) is 11.3. The number of hydrogen-bond donors (Lipinski definition) is 1. The smallest absolute Gasteiger partial charge is 0.134 e. The zero-order valence-corrected chi connectivity index (χ0v) is 10.3. The van der Waals surface area contributed by atoms with Gasteiger partial charge in [0.05, 0.1) is 4.47 Å². The highest BCUT2D eigenvalue weighted by molar-refractivity contribution is 9.10. The Morgan fingerprint density at radius 1 is 1.53 bits per heavy atom. The standard InChI is InChI=1S/C11H15BrFNO/c1-2-3-9(7-14)15-11-5-4-8(13)6-10(11)12/h4-6,9H,2-3,7,14H2,1H3. The van der Waals surface area contributed by atoms with Crippen LogP contribution in [0.1, 0.15) is 19.8 Å². The lowest BCUT2D eigenvalue weighted by atomic mass is 10.2. The fourth-order valence-corrected chi connectivity index (χ4v) is 1.74. The van der Waals surface area contributed by atoms with E-state index in [2.05, 4.69) is 22.9 Å². The van der Waals surface area contributed by atoms with Gasteiger partial charge in [-0.2, -0.15) is 0 Å². The zero-order valence-electron chi connectivity index (χ0n) is 8.67. The van der Waals surface area contributed by atoms with Gasteiger partial charge in [0, 0.05) is 6.54 Å². The number of rotatable bonds is 5. The molecule has 0 aliphatic heterocycles. The highest BCUT2D eigenvalue weighted by atomic mass is 79.9. The Kier molecular flexibility index (Phi) is 5.05. The number of halogens is 2. The van der Waals surface area contributed by atoms with Gasteiger partial charge in [0.15, 0.2) is 0 Å². The average Bonchev–Trinajstić information content (AvgIpc) is 2.21. The molecular formula is C11H15BrFNO. The number of ether oxygens (including phenoxy) is 1. The van der Waals surface area contributed by atoms with Gasteiger partial charge < -0.3 is 10.5 Å². The van der Waals surface area contributed by atoms with E-state index in [1.54, 1.807) is 6.07 Å². The van der Waals surface area contributed by atoms with Crippen molar-refractivity contribution in [3.63, 3.8) is 0 Å². The third-order valence-corrected chi connectivity index (χ3v) is 2.68. The van der Waals surface area contributed by atoms with Gasteiger partial charge in [0.1, 0.15) is 17.7 Å². The molecule has 0 amide bonds. The van der Waals surface area contributed by atoms with Crippen LogP contribution in [0.4, 0.5) is 4.39 Å². The lowest BCUT2D eigenvalue weighted by Crippen LogP contribution is -2.26. The minimum atomic E-state index is -0.283. The summed E-state index contributed by atoms with van der Waals surface area (Å²) in [6, 6.07) is 4.37. The molecular weight excluding hydrogens is 261 g/mol. The van der Waals surface area contributed by atoms with Gasteiger partial charge >= 0.3 is 0 Å². The van der Waals surface area contributed by atoms with Crippen molar-refractivity contribution in [1.29, 1.82) is 0 Å². The van der Waals surface area contributed by atoms with Crippen molar-refractivity contribution in [2.24, 2.45) is 5.73 Å². The SMILES string of the molecule is CCCC(CN)Oc1ccc(F)cc1Br. The molecule has 1 aromatic carbocycles. The van der Waals surface area contributed by atoms with Crippen LogP contribution in [0.25, 0.3) is 0 Å². The third-order valence-electron chi connectivity index (χ3n) is 2.06. The van der Waals surface area contributed by atoms with Gasteiger partial charge in [-0.05, 0) is 40.5 Å². The molecule has 1 aromatic rings. The van der Waals surface area contributed by atoms with Crippen LogP contribution in [0.2, 0.25) is 0 Å². The lowest BCUT2D eigenvalue weighted by molar-refractivity contribution is 0.196. The molecule has 0 bridgehead atoms. The first kappa shape index (κ1) is 12.5. The Hall–Kier alpha value is -0.610. The first-order chi connectivity index (χ1) is 7.17. The molecule has 4 heteroatoms. The van der Waals surface area contributed by atoms with Crippen LogP contribution in [0.3, 0.4) is 0 Å². The van der Waals surface area contributed by atoms with Crippen LogP contribution < -0.4 is 10.5 Å². The fourth-order valence-electron chi connectivity index (χ4n) is 1.30. The fraction of sp³-hybridized carbons (Fsp3) is 0.455. The Labute approximate surface area is 97.7 Å². The molecule has 0 aliphatic rings. The Morgan fingerprint density at radius 3 is 2.80 bits per heavy atom. The van der Waals surface area contributed by atoms with Crippen LogP contribution in [-0.4, -0.2) is 12.6 Å². The average molecular weight is 276 g/mol. The van der Waals surface area contributed by atoms with Crippen LogP contribution in [0.5, 0.6) is 5.75 Å². The van der Waals surface area contributed by atoms with Crippen molar-refractivity contribution in [1.82, 2.24) is 0 Å². The van der Waals surface area contributed by atoms with Gasteiger partial charge in [-0.15, -0.1) is 0 Å². The Bertz CT molecular complexity index is 319. The lowest BCUT2D eigenvalue weighted by Gasteiger charge is -2.17. The molecule has 1 rings (SSSR count). The summed E-state index contributed by atoms with van der Waals surface area (Å²) in [4.78, 5) is 0. The highest BCUT2D eigenvalue weighted by Crippen LogP contribution is 2.26. The first-order valence-electron chi connectivity index (χ1n) is 4.99. The van der Waals surface area contributed by atoms with Gasteiger partial charge in [-0.1, -0.05) is 13.3 Å². The van der Waals surface area contributed by atoms with E-state index in [4.69, 9.17) is 10.5 Å². The quantitative estimate of drug-likeness (QED) is 0.896. The van der Waals surface area contributed by atoms with Crippen molar-refractivity contribution in [2.75, 3.05) is 6.54 Å². The van der Waals surface area contributed by atoms with E-state index in [1.165, 1.54) is 12.1 Å². The molecule has 0 radical (unpaired) electrons. The summed E-state index contributed by atoms with van der Waals surface area (Å²) in [6.07, 6.45) is 1.91. The molecule has 0 saturated heterocycles. The molecule has 2 nitrogen and oxygen atoms in total. The molecule has 1 atom stereocenters. The summed E-state index contributed by atoms with van der Waals surface area (Å²) < 4.78 is 19.1. The van der Waals surface area contributed by atoms with Crippen LogP contribution >= 0.6 is 15.9 Å². The summed E-state index contributed by atoms with van der Waals surface area (Å²) in [5.41, 5.74) is 5.57. The van der Waals surface area contributed by atoms with Gasteiger partial charge in [-0.3, -0.25) is 0 Å². The van der Waals surface area contributed by atoms with Crippen molar-refractivity contribution >= 4 is 15.9 Å². The van der Waals surface area contributed by atoms with E-state index in [9.17, 15) is 4.39 Å². The summed E-state index contributed by atoms with van der Waals surface area (Å²) >= 11 is 3.25. The third kappa shape index (κ3) is 3.80. The summed E-state index contributed by atoms with van der Waals surface area (Å²) in [5.74, 6) is 0.356. The number of nitrogens with two attached hydrogens (primary N) is 1. The topological polar surface area (TPSA) is 35.2 Å². The van der Waals surface area contributed by atoms with Crippen LogP contribution in [0.15, 0.2) is 22.7 Å². The molecule has 1 unspecified atom stereocenters. The molecule has 0 aromatic heterocycles. The second kappa shape index (κ2) is 6.08. The summed E-state index contributed by atoms with van der Waals surface area (Å²) in [5, 5.41) is 0. The van der Waals surface area contributed by atoms with Crippen molar-refractivity contribution in [2.45, 2.75) is 25.9 Å². The highest BCUT2D eigenvalue weighted by Gasteiger charge is 2.09. The normalized spacial score (nSPS) is 12.5. The molecule has 0 fully saturated rings. The van der Waals surface area contributed by atoms with Gasteiger partial charge in [0.2, 0.25) is 0 Å². The van der Waals surface area contributed by atoms with E-state index in [0.29, 0.717) is 16.8 Å².